The van der Waals surface area contributed by atoms with E-state index < -0.39 is 0 Å². The lowest BCUT2D eigenvalue weighted by Crippen LogP contribution is -2.59. The van der Waals surface area contributed by atoms with Crippen molar-refractivity contribution in [1.82, 2.24) is 9.80 Å². The third kappa shape index (κ3) is 2.96. The predicted octanol–water partition coefficient (Wildman–Crippen LogP) is 2.50. The molecule has 0 radical (unpaired) electrons. The van der Waals surface area contributed by atoms with E-state index >= 15 is 0 Å². The highest BCUT2D eigenvalue weighted by molar-refractivity contribution is 5.29. The molecule has 0 atom stereocenters. The van der Waals surface area contributed by atoms with Crippen LogP contribution in [0.2, 0.25) is 0 Å². The Morgan fingerprint density at radius 3 is 2.60 bits per heavy atom. The van der Waals surface area contributed by atoms with Crippen LogP contribution in [0.25, 0.3) is 0 Å². The summed E-state index contributed by atoms with van der Waals surface area (Å²) in [5, 5.41) is 0. The zero-order chi connectivity index (χ0) is 13.9. The quantitative estimate of drug-likeness (QED) is 0.841. The molecule has 0 spiro atoms. The zero-order valence-electron chi connectivity index (χ0n) is 12.1. The fourth-order valence-corrected chi connectivity index (χ4v) is 3.21. The number of methoxy groups -OCH3 is 1. The highest BCUT2D eigenvalue weighted by Gasteiger charge is 2.32. The molecule has 0 N–H and O–H groups in total. The normalized spacial score (nSPS) is 21.7. The lowest BCUT2D eigenvalue weighted by atomic mass is 10.0. The standard InChI is InChI=1S/C16H23FN2O/c1-20-15-6-5-13(16(17)9-15)10-18-11-14(12-18)19-7-3-2-4-8-19/h5-6,9,14H,2-4,7-8,10-12H2,1H3. The van der Waals surface area contributed by atoms with E-state index in [1.807, 2.05) is 12.1 Å². The van der Waals surface area contributed by atoms with Crippen LogP contribution in [0, 0.1) is 5.82 Å². The maximum absolute atomic E-state index is 13.9. The molecule has 0 saturated carbocycles. The van der Waals surface area contributed by atoms with Gasteiger partial charge in [-0.3, -0.25) is 9.80 Å². The second kappa shape index (κ2) is 6.10. The monoisotopic (exact) mass is 278 g/mol. The molecular weight excluding hydrogens is 255 g/mol. The van der Waals surface area contributed by atoms with E-state index in [1.165, 1.54) is 38.4 Å². The van der Waals surface area contributed by atoms with Crippen molar-refractivity contribution in [3.05, 3.63) is 29.6 Å². The molecule has 0 amide bonds. The number of ether oxygens (including phenoxy) is 1. The molecule has 4 heteroatoms. The van der Waals surface area contributed by atoms with Gasteiger partial charge in [-0.05, 0) is 32.0 Å². The highest BCUT2D eigenvalue weighted by atomic mass is 19.1. The Balaban J connectivity index is 1.51. The molecule has 0 aliphatic carbocycles. The number of piperidine rings is 1. The SMILES string of the molecule is COc1ccc(CN2CC(N3CCCCC3)C2)c(F)c1. The summed E-state index contributed by atoms with van der Waals surface area (Å²) in [5.74, 6) is 0.423. The minimum atomic E-state index is -0.161. The summed E-state index contributed by atoms with van der Waals surface area (Å²) in [7, 11) is 1.56. The number of halogens is 1. The molecule has 20 heavy (non-hydrogen) atoms. The number of hydrogen-bond acceptors (Lipinski definition) is 3. The van der Waals surface area contributed by atoms with Crippen molar-refractivity contribution in [1.29, 1.82) is 0 Å². The van der Waals surface area contributed by atoms with Crippen molar-refractivity contribution in [3.8, 4) is 5.75 Å². The molecule has 3 rings (SSSR count). The summed E-state index contributed by atoms with van der Waals surface area (Å²) in [6.07, 6.45) is 4.05. The summed E-state index contributed by atoms with van der Waals surface area (Å²) >= 11 is 0. The Labute approximate surface area is 120 Å². The fourth-order valence-electron chi connectivity index (χ4n) is 3.21. The summed E-state index contributed by atoms with van der Waals surface area (Å²) in [4.78, 5) is 4.93. The molecule has 2 heterocycles. The second-order valence-corrected chi connectivity index (χ2v) is 5.90. The van der Waals surface area contributed by atoms with Gasteiger partial charge in [0.25, 0.3) is 0 Å². The summed E-state index contributed by atoms with van der Waals surface area (Å²) in [6.45, 7) is 5.35. The van der Waals surface area contributed by atoms with Crippen LogP contribution in [0.3, 0.4) is 0 Å². The Morgan fingerprint density at radius 2 is 1.95 bits per heavy atom. The van der Waals surface area contributed by atoms with E-state index in [4.69, 9.17) is 4.74 Å². The first-order valence-corrected chi connectivity index (χ1v) is 7.55. The first-order valence-electron chi connectivity index (χ1n) is 7.55. The van der Waals surface area contributed by atoms with E-state index in [0.717, 1.165) is 18.7 Å². The molecule has 0 aromatic heterocycles. The van der Waals surface area contributed by atoms with Crippen LogP contribution in [0.15, 0.2) is 18.2 Å². The second-order valence-electron chi connectivity index (χ2n) is 5.90. The van der Waals surface area contributed by atoms with Crippen LogP contribution in [-0.4, -0.2) is 49.1 Å². The molecule has 2 aliphatic rings. The summed E-state index contributed by atoms with van der Waals surface area (Å²) < 4.78 is 18.9. The van der Waals surface area contributed by atoms with Gasteiger partial charge in [-0.1, -0.05) is 12.5 Å². The largest absolute Gasteiger partial charge is 0.497 e. The number of nitrogens with zero attached hydrogens (tertiary/aromatic N) is 2. The number of likely N-dealkylation sites (tertiary alicyclic amines) is 2. The highest BCUT2D eigenvalue weighted by Crippen LogP contribution is 2.23. The van der Waals surface area contributed by atoms with Crippen molar-refractivity contribution in [2.75, 3.05) is 33.3 Å². The van der Waals surface area contributed by atoms with E-state index in [2.05, 4.69) is 9.80 Å². The minimum Gasteiger partial charge on any atom is -0.497 e. The molecule has 110 valence electrons. The molecule has 2 fully saturated rings. The Morgan fingerprint density at radius 1 is 1.20 bits per heavy atom. The van der Waals surface area contributed by atoms with Crippen LogP contribution in [0.4, 0.5) is 4.39 Å². The molecule has 3 nitrogen and oxygen atoms in total. The van der Waals surface area contributed by atoms with Gasteiger partial charge in [-0.25, -0.2) is 4.39 Å². The van der Waals surface area contributed by atoms with Crippen molar-refractivity contribution in [3.63, 3.8) is 0 Å². The van der Waals surface area contributed by atoms with E-state index in [-0.39, 0.29) is 5.82 Å². The average molecular weight is 278 g/mol. The first-order chi connectivity index (χ1) is 9.76. The number of rotatable bonds is 4. The third-order valence-corrected chi connectivity index (χ3v) is 4.50. The molecule has 1 aromatic carbocycles. The van der Waals surface area contributed by atoms with Gasteiger partial charge < -0.3 is 4.74 Å². The summed E-state index contributed by atoms with van der Waals surface area (Å²) in [5.41, 5.74) is 0.767. The Kier molecular flexibility index (Phi) is 4.22. The van der Waals surface area contributed by atoms with E-state index in [1.54, 1.807) is 7.11 Å². The van der Waals surface area contributed by atoms with Gasteiger partial charge in [-0.2, -0.15) is 0 Å². The minimum absolute atomic E-state index is 0.161. The van der Waals surface area contributed by atoms with Gasteiger partial charge in [0.2, 0.25) is 0 Å². The zero-order valence-corrected chi connectivity index (χ0v) is 12.1. The van der Waals surface area contributed by atoms with Crippen LogP contribution >= 0.6 is 0 Å². The lowest BCUT2D eigenvalue weighted by molar-refractivity contribution is 0.0180. The van der Waals surface area contributed by atoms with Gasteiger partial charge in [-0.15, -0.1) is 0 Å². The van der Waals surface area contributed by atoms with Crippen LogP contribution in [0.5, 0.6) is 5.75 Å². The van der Waals surface area contributed by atoms with E-state index in [9.17, 15) is 4.39 Å². The van der Waals surface area contributed by atoms with E-state index in [0.29, 0.717) is 18.3 Å². The van der Waals surface area contributed by atoms with Crippen LogP contribution in [-0.2, 0) is 6.54 Å². The fraction of sp³-hybridized carbons (Fsp3) is 0.625. The maximum atomic E-state index is 13.9. The maximum Gasteiger partial charge on any atom is 0.131 e. The summed E-state index contributed by atoms with van der Waals surface area (Å²) in [6, 6.07) is 5.83. The van der Waals surface area contributed by atoms with Gasteiger partial charge in [0.05, 0.1) is 7.11 Å². The molecule has 2 saturated heterocycles. The number of benzene rings is 1. The van der Waals surface area contributed by atoms with Gasteiger partial charge in [0, 0.05) is 37.3 Å². The predicted molar refractivity (Wildman–Crippen MR) is 77.4 cm³/mol. The topological polar surface area (TPSA) is 15.7 Å². The lowest BCUT2D eigenvalue weighted by Gasteiger charge is -2.46. The third-order valence-electron chi connectivity index (χ3n) is 4.50. The van der Waals surface area contributed by atoms with Crippen molar-refractivity contribution >= 4 is 0 Å². The number of hydrogen-bond donors (Lipinski definition) is 0. The Bertz CT molecular complexity index is 454. The van der Waals surface area contributed by atoms with Crippen LogP contribution in [0.1, 0.15) is 24.8 Å². The van der Waals surface area contributed by atoms with Crippen molar-refractivity contribution in [2.24, 2.45) is 0 Å². The Hall–Kier alpha value is -1.13. The first kappa shape index (κ1) is 13.8. The van der Waals surface area contributed by atoms with Crippen molar-refractivity contribution < 1.29 is 9.13 Å². The molecule has 0 unspecified atom stereocenters. The van der Waals surface area contributed by atoms with Crippen molar-refractivity contribution in [2.45, 2.75) is 31.8 Å². The molecule has 0 bridgehead atoms. The molecule has 1 aromatic rings. The molecule has 2 aliphatic heterocycles. The van der Waals surface area contributed by atoms with Gasteiger partial charge in [0.15, 0.2) is 0 Å². The van der Waals surface area contributed by atoms with Gasteiger partial charge in [0.1, 0.15) is 11.6 Å². The molecular formula is C16H23FN2O. The smallest absolute Gasteiger partial charge is 0.131 e. The van der Waals surface area contributed by atoms with Crippen LogP contribution < -0.4 is 4.74 Å². The average Bonchev–Trinajstić information content (AvgIpc) is 2.44. The van der Waals surface area contributed by atoms with Gasteiger partial charge >= 0.3 is 0 Å².